The van der Waals surface area contributed by atoms with Crippen LogP contribution in [-0.4, -0.2) is 47.3 Å². The zero-order chi connectivity index (χ0) is 21.4. The third-order valence-corrected chi connectivity index (χ3v) is 4.30. The highest BCUT2D eigenvalue weighted by atomic mass is 32.2. The van der Waals surface area contributed by atoms with Crippen LogP contribution in [-0.2, 0) is 19.6 Å². The molecular weight excluding hydrogens is 398 g/mol. The van der Waals surface area contributed by atoms with Gasteiger partial charge in [0, 0.05) is 29.0 Å². The topological polar surface area (TPSA) is 108 Å². The monoisotopic (exact) mass is 419 g/mol. The number of hydrogen-bond acceptors (Lipinski definition) is 7. The maximum Gasteiger partial charge on any atom is 0.331 e. The van der Waals surface area contributed by atoms with Crippen molar-refractivity contribution in [3.05, 3.63) is 59.7 Å². The lowest BCUT2D eigenvalue weighted by Crippen LogP contribution is -2.13. The van der Waals surface area contributed by atoms with Gasteiger partial charge in [0.25, 0.3) is 0 Å². The van der Waals surface area contributed by atoms with Gasteiger partial charge in [-0.05, 0) is 42.5 Å². The number of carbonyl (C=O) groups is 2. The van der Waals surface area contributed by atoms with Gasteiger partial charge < -0.3 is 14.2 Å². The molecule has 0 amide bonds. The van der Waals surface area contributed by atoms with Crippen molar-refractivity contribution in [3.63, 3.8) is 0 Å². The Morgan fingerprint density at radius 2 is 1.72 bits per heavy atom. The number of methoxy groups -OCH3 is 2. The molecule has 0 atom stereocenters. The summed E-state index contributed by atoms with van der Waals surface area (Å²) in [4.78, 5) is 24.0. The number of benzene rings is 2. The molecule has 2 rings (SSSR count). The molecule has 2 aromatic carbocycles. The summed E-state index contributed by atoms with van der Waals surface area (Å²) in [6.45, 7) is -0.443. The number of ketones is 1. The predicted octanol–water partition coefficient (Wildman–Crippen LogP) is 2.51. The Morgan fingerprint density at radius 3 is 2.31 bits per heavy atom. The number of sulfonamides is 1. The summed E-state index contributed by atoms with van der Waals surface area (Å²) in [5.41, 5.74) is 1.26. The highest BCUT2D eigenvalue weighted by Crippen LogP contribution is 2.25. The van der Waals surface area contributed by atoms with Gasteiger partial charge in [-0.2, -0.15) is 0 Å². The van der Waals surface area contributed by atoms with E-state index in [1.165, 1.54) is 50.6 Å². The summed E-state index contributed by atoms with van der Waals surface area (Å²) >= 11 is 0. The minimum Gasteiger partial charge on any atom is -0.497 e. The number of carbonyl (C=O) groups excluding carboxylic acids is 2. The van der Waals surface area contributed by atoms with E-state index in [2.05, 4.69) is 4.72 Å². The summed E-state index contributed by atoms with van der Waals surface area (Å²) in [7, 11) is -0.362. The molecule has 29 heavy (non-hydrogen) atoms. The molecule has 0 saturated heterocycles. The smallest absolute Gasteiger partial charge is 0.331 e. The van der Waals surface area contributed by atoms with E-state index in [1.54, 1.807) is 18.2 Å². The summed E-state index contributed by atoms with van der Waals surface area (Å²) in [5, 5.41) is 0. The molecule has 2 aromatic rings. The Balaban J connectivity index is 1.93. The first kappa shape index (κ1) is 22.0. The third kappa shape index (κ3) is 6.96. The van der Waals surface area contributed by atoms with Gasteiger partial charge in [0.1, 0.15) is 11.5 Å². The molecule has 8 nitrogen and oxygen atoms in total. The molecule has 1 N–H and O–H groups in total. The maximum absolute atomic E-state index is 12.1. The normalized spacial score (nSPS) is 11.1. The number of anilines is 1. The van der Waals surface area contributed by atoms with Crippen molar-refractivity contribution in [2.75, 3.05) is 31.8 Å². The molecule has 0 aliphatic carbocycles. The largest absolute Gasteiger partial charge is 0.497 e. The molecule has 0 aromatic heterocycles. The summed E-state index contributed by atoms with van der Waals surface area (Å²) < 4.78 is 40.0. The number of hydrogen-bond donors (Lipinski definition) is 1. The molecule has 0 radical (unpaired) electrons. The fraction of sp³-hybridized carbons (Fsp3) is 0.200. The molecule has 0 fully saturated rings. The van der Waals surface area contributed by atoms with Gasteiger partial charge in [0.2, 0.25) is 10.0 Å². The highest BCUT2D eigenvalue weighted by Gasteiger charge is 2.10. The fourth-order valence-corrected chi connectivity index (χ4v) is 2.88. The molecule has 0 aliphatic rings. The van der Waals surface area contributed by atoms with E-state index in [4.69, 9.17) is 14.2 Å². The van der Waals surface area contributed by atoms with Gasteiger partial charge in [-0.3, -0.25) is 9.52 Å². The second-order valence-electron chi connectivity index (χ2n) is 5.92. The van der Waals surface area contributed by atoms with E-state index >= 15 is 0 Å². The Kier molecular flexibility index (Phi) is 7.38. The van der Waals surface area contributed by atoms with Crippen LogP contribution in [0.2, 0.25) is 0 Å². The molecular formula is C20H21NO7S. The van der Waals surface area contributed by atoms with Crippen LogP contribution in [0.15, 0.2) is 48.5 Å². The van der Waals surface area contributed by atoms with Crippen LogP contribution in [0.25, 0.3) is 6.08 Å². The molecule has 0 bridgehead atoms. The van der Waals surface area contributed by atoms with Crippen LogP contribution >= 0.6 is 0 Å². The van der Waals surface area contributed by atoms with Crippen LogP contribution in [0.3, 0.4) is 0 Å². The van der Waals surface area contributed by atoms with E-state index in [0.717, 1.165) is 6.26 Å². The van der Waals surface area contributed by atoms with Gasteiger partial charge in [-0.25, -0.2) is 13.2 Å². The van der Waals surface area contributed by atoms with E-state index in [-0.39, 0.29) is 5.56 Å². The lowest BCUT2D eigenvalue weighted by atomic mass is 10.1. The standard InChI is InChI=1S/C20H21NO7S/c1-26-17-10-6-15(19(12-17)27-2)7-11-20(23)28-13-18(22)14-4-8-16(9-5-14)21-29(3,24)25/h4-12,21H,13H2,1-3H3/b11-7+. The van der Waals surface area contributed by atoms with Crippen LogP contribution in [0.1, 0.15) is 15.9 Å². The number of ether oxygens (including phenoxy) is 3. The lowest BCUT2D eigenvalue weighted by Gasteiger charge is -2.07. The number of Topliss-reactive ketones (excluding diaryl/α,β-unsaturated/α-hetero) is 1. The summed E-state index contributed by atoms with van der Waals surface area (Å²) in [5.74, 6) is 0.0310. The zero-order valence-electron chi connectivity index (χ0n) is 16.2. The third-order valence-electron chi connectivity index (χ3n) is 3.70. The Morgan fingerprint density at radius 1 is 1.03 bits per heavy atom. The van der Waals surface area contributed by atoms with Gasteiger partial charge in [0.15, 0.2) is 12.4 Å². The van der Waals surface area contributed by atoms with Gasteiger partial charge in [-0.15, -0.1) is 0 Å². The summed E-state index contributed by atoms with van der Waals surface area (Å²) in [6, 6.07) is 10.9. The number of esters is 1. The Hall–Kier alpha value is -3.33. The summed E-state index contributed by atoms with van der Waals surface area (Å²) in [6.07, 6.45) is 3.73. The van der Waals surface area contributed by atoms with Crippen LogP contribution in [0.5, 0.6) is 11.5 Å². The first-order chi connectivity index (χ1) is 13.7. The highest BCUT2D eigenvalue weighted by molar-refractivity contribution is 7.92. The Labute approximate surface area is 169 Å². The van der Waals surface area contributed by atoms with Crippen molar-refractivity contribution < 1.29 is 32.2 Å². The minimum absolute atomic E-state index is 0.289. The van der Waals surface area contributed by atoms with Gasteiger partial charge >= 0.3 is 5.97 Å². The van der Waals surface area contributed by atoms with Gasteiger partial charge in [-0.1, -0.05) is 0 Å². The van der Waals surface area contributed by atoms with Crippen molar-refractivity contribution in [3.8, 4) is 11.5 Å². The SMILES string of the molecule is COc1ccc(/C=C/C(=O)OCC(=O)c2ccc(NS(C)(=O)=O)cc2)c(OC)c1. The molecule has 0 spiro atoms. The molecule has 154 valence electrons. The van der Waals surface area contributed by atoms with Crippen LogP contribution in [0, 0.1) is 0 Å². The quantitative estimate of drug-likeness (QED) is 0.378. The van der Waals surface area contributed by atoms with E-state index in [1.807, 2.05) is 0 Å². The van der Waals surface area contributed by atoms with Crippen molar-refractivity contribution in [2.24, 2.45) is 0 Å². The second kappa shape index (κ2) is 9.74. The Bertz CT molecular complexity index is 1010. The molecule has 0 heterocycles. The number of nitrogens with one attached hydrogen (secondary N) is 1. The maximum atomic E-state index is 12.1. The lowest BCUT2D eigenvalue weighted by molar-refractivity contribution is -0.136. The zero-order valence-corrected chi connectivity index (χ0v) is 17.0. The molecule has 0 unspecified atom stereocenters. The first-order valence-electron chi connectivity index (χ1n) is 8.40. The van der Waals surface area contributed by atoms with E-state index < -0.39 is 28.4 Å². The van der Waals surface area contributed by atoms with Crippen molar-refractivity contribution in [2.45, 2.75) is 0 Å². The minimum atomic E-state index is -3.40. The molecule has 0 aliphatic heterocycles. The van der Waals surface area contributed by atoms with Crippen LogP contribution < -0.4 is 14.2 Å². The van der Waals surface area contributed by atoms with E-state index in [9.17, 15) is 18.0 Å². The predicted molar refractivity (Wildman–Crippen MR) is 109 cm³/mol. The average molecular weight is 419 g/mol. The molecule has 9 heteroatoms. The molecule has 0 saturated carbocycles. The average Bonchev–Trinajstić information content (AvgIpc) is 2.69. The van der Waals surface area contributed by atoms with Crippen molar-refractivity contribution in [1.82, 2.24) is 0 Å². The van der Waals surface area contributed by atoms with Gasteiger partial charge in [0.05, 0.1) is 20.5 Å². The first-order valence-corrected chi connectivity index (χ1v) is 10.3. The fourth-order valence-electron chi connectivity index (χ4n) is 2.32. The number of rotatable bonds is 9. The van der Waals surface area contributed by atoms with E-state index in [0.29, 0.717) is 22.7 Å². The van der Waals surface area contributed by atoms with Crippen molar-refractivity contribution >= 4 is 33.5 Å². The second-order valence-corrected chi connectivity index (χ2v) is 7.67. The van der Waals surface area contributed by atoms with Crippen molar-refractivity contribution in [1.29, 1.82) is 0 Å². The van der Waals surface area contributed by atoms with Crippen LogP contribution in [0.4, 0.5) is 5.69 Å².